The van der Waals surface area contributed by atoms with E-state index in [0.29, 0.717) is 6.04 Å². The Labute approximate surface area is 129 Å². The average Bonchev–Trinajstić information content (AvgIpc) is 2.74. The first kappa shape index (κ1) is 16.5. The summed E-state index contributed by atoms with van der Waals surface area (Å²) in [6, 6.07) is 0.586. The van der Waals surface area contributed by atoms with Gasteiger partial charge in [-0.05, 0) is 44.9 Å². The molecule has 0 bridgehead atoms. The summed E-state index contributed by atoms with van der Waals surface area (Å²) in [4.78, 5) is 0. The highest BCUT2D eigenvalue weighted by Crippen LogP contribution is 2.37. The van der Waals surface area contributed by atoms with Crippen LogP contribution in [0.4, 0.5) is 0 Å². The van der Waals surface area contributed by atoms with E-state index in [1.807, 2.05) is 0 Å². The van der Waals surface area contributed by atoms with Crippen LogP contribution in [0.1, 0.15) is 56.1 Å². The number of ether oxygens (including phenoxy) is 1. The average molecular weight is 293 g/mol. The van der Waals surface area contributed by atoms with Crippen LogP contribution in [-0.2, 0) is 11.3 Å². The molecule has 0 amide bonds. The lowest BCUT2D eigenvalue weighted by Gasteiger charge is -2.32. The normalized spacial score (nSPS) is 26.2. The molecule has 0 saturated heterocycles. The van der Waals surface area contributed by atoms with Crippen molar-refractivity contribution in [1.82, 2.24) is 15.1 Å². The monoisotopic (exact) mass is 293 g/mol. The van der Waals surface area contributed by atoms with Crippen LogP contribution >= 0.6 is 0 Å². The molecule has 4 nitrogen and oxygen atoms in total. The van der Waals surface area contributed by atoms with Crippen LogP contribution in [0.25, 0.3) is 0 Å². The fourth-order valence-corrected chi connectivity index (χ4v) is 3.44. The molecule has 1 fully saturated rings. The molecule has 0 aliphatic heterocycles. The Balaban J connectivity index is 2.04. The number of nitrogens with zero attached hydrogens (tertiary/aromatic N) is 2. The highest BCUT2D eigenvalue weighted by molar-refractivity contribution is 5.25. The first-order valence-corrected chi connectivity index (χ1v) is 8.28. The third kappa shape index (κ3) is 3.86. The van der Waals surface area contributed by atoms with E-state index in [-0.39, 0.29) is 0 Å². The third-order valence-corrected chi connectivity index (χ3v) is 5.18. The molecule has 4 heteroatoms. The number of methoxy groups -OCH3 is 1. The van der Waals surface area contributed by atoms with E-state index in [2.05, 4.69) is 37.7 Å². The van der Waals surface area contributed by atoms with Crippen LogP contribution in [0.2, 0.25) is 0 Å². The summed E-state index contributed by atoms with van der Waals surface area (Å²) in [7, 11) is 1.74. The highest BCUT2D eigenvalue weighted by atomic mass is 16.5. The Morgan fingerprint density at radius 3 is 2.67 bits per heavy atom. The topological polar surface area (TPSA) is 39.1 Å². The maximum absolute atomic E-state index is 5.08. The molecule has 0 spiro atoms. The van der Waals surface area contributed by atoms with Crippen molar-refractivity contribution >= 4 is 0 Å². The number of rotatable bonds is 6. The van der Waals surface area contributed by atoms with Gasteiger partial charge < -0.3 is 10.1 Å². The van der Waals surface area contributed by atoms with Crippen molar-refractivity contribution in [3.8, 4) is 0 Å². The van der Waals surface area contributed by atoms with Crippen molar-refractivity contribution in [3.63, 3.8) is 0 Å². The molecule has 1 aliphatic rings. The predicted molar refractivity (Wildman–Crippen MR) is 86.5 cm³/mol. The number of aryl methyl sites for hydroxylation is 1. The minimum Gasteiger partial charge on any atom is -0.383 e. The molecule has 3 unspecified atom stereocenters. The third-order valence-electron chi connectivity index (χ3n) is 5.18. The second-order valence-electron chi connectivity index (χ2n) is 6.68. The largest absolute Gasteiger partial charge is 0.383 e. The minimum absolute atomic E-state index is 0.586. The fourth-order valence-electron chi connectivity index (χ4n) is 3.44. The summed E-state index contributed by atoms with van der Waals surface area (Å²) >= 11 is 0. The van der Waals surface area contributed by atoms with E-state index < -0.39 is 0 Å². The number of hydrogen-bond donors (Lipinski definition) is 1. The smallest absolute Gasteiger partial charge is 0.0641 e. The highest BCUT2D eigenvalue weighted by Gasteiger charge is 2.27. The van der Waals surface area contributed by atoms with Gasteiger partial charge in [0.15, 0.2) is 0 Å². The number of hydrogen-bond acceptors (Lipinski definition) is 3. The van der Waals surface area contributed by atoms with Crippen LogP contribution in [0.3, 0.4) is 0 Å². The van der Waals surface area contributed by atoms with E-state index in [1.165, 1.54) is 36.2 Å². The Bertz CT molecular complexity index is 455. The quantitative estimate of drug-likeness (QED) is 0.818. The molecule has 2 rings (SSSR count). The van der Waals surface area contributed by atoms with E-state index >= 15 is 0 Å². The van der Waals surface area contributed by atoms with Crippen LogP contribution in [0, 0.1) is 25.7 Å². The zero-order chi connectivity index (χ0) is 15.4. The molecular weight excluding hydrogens is 262 g/mol. The van der Waals surface area contributed by atoms with Crippen molar-refractivity contribution in [2.75, 3.05) is 20.3 Å². The van der Waals surface area contributed by atoms with Crippen LogP contribution in [-0.4, -0.2) is 30.0 Å². The Morgan fingerprint density at radius 1 is 1.24 bits per heavy atom. The van der Waals surface area contributed by atoms with Crippen molar-refractivity contribution < 1.29 is 4.74 Å². The molecule has 1 aromatic heterocycles. The van der Waals surface area contributed by atoms with Gasteiger partial charge in [0, 0.05) is 31.5 Å². The first-order chi connectivity index (χ1) is 10.0. The van der Waals surface area contributed by atoms with Gasteiger partial charge in [-0.2, -0.15) is 5.10 Å². The summed E-state index contributed by atoms with van der Waals surface area (Å²) in [5, 5.41) is 8.28. The lowest BCUT2D eigenvalue weighted by molar-refractivity contribution is 0.198. The van der Waals surface area contributed by atoms with Crippen LogP contribution in [0.5, 0.6) is 0 Å². The van der Waals surface area contributed by atoms with Gasteiger partial charge in [-0.25, -0.2) is 0 Å². The molecule has 1 saturated carbocycles. The summed E-state index contributed by atoms with van der Waals surface area (Å²) in [5.41, 5.74) is 3.87. The predicted octanol–water partition coefficient (Wildman–Crippen LogP) is 3.23. The molecule has 1 heterocycles. The van der Waals surface area contributed by atoms with Gasteiger partial charge in [0.2, 0.25) is 0 Å². The van der Waals surface area contributed by atoms with Crippen molar-refractivity contribution in [2.45, 2.75) is 59.5 Å². The summed E-state index contributed by atoms with van der Waals surface area (Å²) in [5.74, 6) is 1.66. The molecule has 0 aromatic carbocycles. The van der Waals surface area contributed by atoms with Crippen molar-refractivity contribution in [2.24, 2.45) is 11.8 Å². The number of aromatic nitrogens is 2. The first-order valence-electron chi connectivity index (χ1n) is 8.28. The molecule has 1 aromatic rings. The van der Waals surface area contributed by atoms with E-state index in [4.69, 9.17) is 9.84 Å². The standard InChI is InChI=1S/C17H31N3O/c1-12-6-7-16(10-13(12)2)20-15(4)17(14(3)19-20)11-18-8-9-21-5/h12-13,16,18H,6-11H2,1-5H3. The zero-order valence-corrected chi connectivity index (χ0v) is 14.3. The van der Waals surface area contributed by atoms with Gasteiger partial charge in [-0.3, -0.25) is 4.68 Å². The summed E-state index contributed by atoms with van der Waals surface area (Å²) < 4.78 is 7.38. The Hall–Kier alpha value is -0.870. The molecule has 1 N–H and O–H groups in total. The van der Waals surface area contributed by atoms with E-state index in [0.717, 1.165) is 31.5 Å². The molecular formula is C17H31N3O. The van der Waals surface area contributed by atoms with Gasteiger partial charge in [0.25, 0.3) is 0 Å². The molecule has 1 aliphatic carbocycles. The second kappa shape index (κ2) is 7.41. The Kier molecular flexibility index (Phi) is 5.82. The maximum Gasteiger partial charge on any atom is 0.0641 e. The van der Waals surface area contributed by atoms with Gasteiger partial charge in [0.05, 0.1) is 18.3 Å². The second-order valence-corrected chi connectivity index (χ2v) is 6.68. The van der Waals surface area contributed by atoms with Crippen LogP contribution < -0.4 is 5.32 Å². The molecule has 120 valence electrons. The lowest BCUT2D eigenvalue weighted by atomic mass is 9.79. The Morgan fingerprint density at radius 2 is 2.00 bits per heavy atom. The van der Waals surface area contributed by atoms with Crippen molar-refractivity contribution in [3.05, 3.63) is 17.0 Å². The van der Waals surface area contributed by atoms with Gasteiger partial charge in [-0.1, -0.05) is 13.8 Å². The molecule has 3 atom stereocenters. The van der Waals surface area contributed by atoms with Gasteiger partial charge in [0.1, 0.15) is 0 Å². The molecule has 0 radical (unpaired) electrons. The van der Waals surface area contributed by atoms with Gasteiger partial charge >= 0.3 is 0 Å². The van der Waals surface area contributed by atoms with Crippen molar-refractivity contribution in [1.29, 1.82) is 0 Å². The zero-order valence-electron chi connectivity index (χ0n) is 14.3. The minimum atomic E-state index is 0.586. The van der Waals surface area contributed by atoms with Gasteiger partial charge in [-0.15, -0.1) is 0 Å². The van der Waals surface area contributed by atoms with Crippen LogP contribution in [0.15, 0.2) is 0 Å². The lowest BCUT2D eigenvalue weighted by Crippen LogP contribution is -2.25. The fraction of sp³-hybridized carbons (Fsp3) is 0.824. The van der Waals surface area contributed by atoms with E-state index in [9.17, 15) is 0 Å². The van der Waals surface area contributed by atoms with E-state index in [1.54, 1.807) is 7.11 Å². The molecule has 21 heavy (non-hydrogen) atoms. The number of nitrogens with one attached hydrogen (secondary N) is 1. The summed E-state index contributed by atoms with van der Waals surface area (Å²) in [6.45, 7) is 11.6. The summed E-state index contributed by atoms with van der Waals surface area (Å²) in [6.07, 6.45) is 3.86. The SMILES string of the molecule is COCCNCc1c(C)nn(C2CCC(C)C(C)C2)c1C. The maximum atomic E-state index is 5.08.